The largest absolute Gasteiger partial charge is 0.514 e. The molecule has 0 unspecified atom stereocenters. The minimum Gasteiger partial charge on any atom is -0.431 e. The summed E-state index contributed by atoms with van der Waals surface area (Å²) in [5, 5.41) is 0. The molecule has 0 aromatic heterocycles. The van der Waals surface area contributed by atoms with Gasteiger partial charge >= 0.3 is 6.16 Å². The van der Waals surface area contributed by atoms with Gasteiger partial charge in [-0.15, -0.1) is 0 Å². The van der Waals surface area contributed by atoms with Gasteiger partial charge in [0.05, 0.1) is 0 Å². The van der Waals surface area contributed by atoms with Crippen LogP contribution in [-0.4, -0.2) is 12.3 Å². The number of rotatable bonds is 9. The summed E-state index contributed by atoms with van der Waals surface area (Å²) in [7, 11) is 0. The number of hydrogen-bond donors (Lipinski definition) is 0. The van der Waals surface area contributed by atoms with Crippen LogP contribution in [0.25, 0.3) is 11.1 Å². The molecule has 0 aliphatic heterocycles. The standard InChI is InChI=1S/C27H35FO3/c1-3-5-6-8-21-11-18-25(26(28)19-21)22-12-16-24(17-13-22)31-27(29)30-23-14-9-20(7-4-2)10-15-23/h11-13,16-20,23H,3-10,14-15H2,1-2H3/t20-,23-. The Morgan fingerprint density at radius 3 is 2.35 bits per heavy atom. The molecule has 2 aromatic carbocycles. The molecule has 3 rings (SSSR count). The van der Waals surface area contributed by atoms with E-state index in [2.05, 4.69) is 13.8 Å². The molecule has 1 aliphatic rings. The Morgan fingerprint density at radius 2 is 1.71 bits per heavy atom. The molecule has 0 N–H and O–H groups in total. The van der Waals surface area contributed by atoms with Gasteiger partial charge in [0.25, 0.3) is 0 Å². The first-order valence-electron chi connectivity index (χ1n) is 11.9. The van der Waals surface area contributed by atoms with Crippen molar-refractivity contribution in [2.75, 3.05) is 0 Å². The van der Waals surface area contributed by atoms with Crippen LogP contribution in [0.4, 0.5) is 9.18 Å². The van der Waals surface area contributed by atoms with E-state index in [1.165, 1.54) is 12.8 Å². The number of carbonyl (C=O) groups excluding carboxylic acids is 1. The third kappa shape index (κ3) is 7.09. The van der Waals surface area contributed by atoms with Gasteiger partial charge in [0, 0.05) is 5.56 Å². The van der Waals surface area contributed by atoms with Crippen molar-refractivity contribution in [1.29, 1.82) is 0 Å². The first-order chi connectivity index (χ1) is 15.1. The molecule has 1 saturated carbocycles. The minimum absolute atomic E-state index is 0.0511. The minimum atomic E-state index is -0.658. The van der Waals surface area contributed by atoms with Crippen molar-refractivity contribution in [2.24, 2.45) is 5.92 Å². The normalized spacial score (nSPS) is 18.5. The summed E-state index contributed by atoms with van der Waals surface area (Å²) in [4.78, 5) is 12.1. The molecule has 168 valence electrons. The SMILES string of the molecule is CCCCCc1ccc(-c2ccc(OC(=O)O[C@H]3CC[C@H](CCC)CC3)cc2)c(F)c1. The van der Waals surface area contributed by atoms with Crippen molar-refractivity contribution >= 4 is 6.16 Å². The summed E-state index contributed by atoms with van der Waals surface area (Å²) in [6.45, 7) is 4.37. The van der Waals surface area contributed by atoms with Crippen molar-refractivity contribution in [3.8, 4) is 16.9 Å². The molecule has 1 aliphatic carbocycles. The van der Waals surface area contributed by atoms with E-state index in [0.29, 0.717) is 11.3 Å². The Bertz CT molecular complexity index is 823. The second-order valence-corrected chi connectivity index (χ2v) is 8.70. The van der Waals surface area contributed by atoms with Crippen LogP contribution in [0.2, 0.25) is 0 Å². The van der Waals surface area contributed by atoms with Crippen LogP contribution in [0.5, 0.6) is 5.75 Å². The van der Waals surface area contributed by atoms with E-state index < -0.39 is 6.16 Å². The van der Waals surface area contributed by atoms with Crippen molar-refractivity contribution < 1.29 is 18.7 Å². The van der Waals surface area contributed by atoms with Crippen LogP contribution in [0.15, 0.2) is 42.5 Å². The Morgan fingerprint density at radius 1 is 0.968 bits per heavy atom. The Hall–Kier alpha value is -2.36. The zero-order chi connectivity index (χ0) is 22.1. The van der Waals surface area contributed by atoms with Crippen molar-refractivity contribution in [2.45, 2.75) is 84.2 Å². The summed E-state index contributed by atoms with van der Waals surface area (Å²) in [6, 6.07) is 12.4. The van der Waals surface area contributed by atoms with Crippen LogP contribution < -0.4 is 4.74 Å². The van der Waals surface area contributed by atoms with Gasteiger partial charge in [0.2, 0.25) is 0 Å². The maximum absolute atomic E-state index is 14.6. The van der Waals surface area contributed by atoms with E-state index in [1.807, 2.05) is 12.1 Å². The lowest BCUT2D eigenvalue weighted by Gasteiger charge is -2.27. The highest BCUT2D eigenvalue weighted by Gasteiger charge is 2.24. The average Bonchev–Trinajstić information content (AvgIpc) is 2.76. The van der Waals surface area contributed by atoms with Crippen LogP contribution in [-0.2, 0) is 11.2 Å². The van der Waals surface area contributed by atoms with Gasteiger partial charge in [-0.25, -0.2) is 9.18 Å². The van der Waals surface area contributed by atoms with Crippen LogP contribution >= 0.6 is 0 Å². The Labute approximate surface area is 186 Å². The molecule has 0 radical (unpaired) electrons. The summed E-state index contributed by atoms with van der Waals surface area (Å²) in [5.74, 6) is 0.949. The highest BCUT2D eigenvalue weighted by atomic mass is 19.1. The first-order valence-corrected chi connectivity index (χ1v) is 11.9. The van der Waals surface area contributed by atoms with E-state index in [0.717, 1.165) is 68.4 Å². The van der Waals surface area contributed by atoms with Crippen LogP contribution in [0, 0.1) is 11.7 Å². The number of hydrogen-bond acceptors (Lipinski definition) is 3. The van der Waals surface area contributed by atoms with Crippen molar-refractivity contribution in [3.05, 3.63) is 53.8 Å². The van der Waals surface area contributed by atoms with Crippen LogP contribution in [0.3, 0.4) is 0 Å². The summed E-state index contributed by atoms with van der Waals surface area (Å²) in [6.07, 6.45) is 10.1. The number of halogens is 1. The first kappa shape index (κ1) is 23.3. The molecule has 0 saturated heterocycles. The Balaban J connectivity index is 1.51. The zero-order valence-corrected chi connectivity index (χ0v) is 18.9. The van der Waals surface area contributed by atoms with Crippen molar-refractivity contribution in [1.82, 2.24) is 0 Å². The number of aryl methyl sites for hydroxylation is 1. The summed E-state index contributed by atoms with van der Waals surface area (Å²) in [5.41, 5.74) is 2.34. The number of unbranched alkanes of at least 4 members (excludes halogenated alkanes) is 2. The van der Waals surface area contributed by atoms with Crippen molar-refractivity contribution in [3.63, 3.8) is 0 Å². The molecule has 0 amide bonds. The van der Waals surface area contributed by atoms with E-state index in [1.54, 1.807) is 30.3 Å². The summed E-state index contributed by atoms with van der Waals surface area (Å²) < 4.78 is 25.4. The smallest absolute Gasteiger partial charge is 0.431 e. The molecule has 0 spiro atoms. The molecule has 0 atom stereocenters. The quantitative estimate of drug-likeness (QED) is 0.231. The maximum Gasteiger partial charge on any atom is 0.514 e. The molecule has 0 heterocycles. The predicted octanol–water partition coefficient (Wildman–Crippen LogP) is 8.10. The Kier molecular flexibility index (Phi) is 8.93. The average molecular weight is 427 g/mol. The predicted molar refractivity (Wildman–Crippen MR) is 123 cm³/mol. The fraction of sp³-hybridized carbons (Fsp3) is 0.519. The molecule has 1 fully saturated rings. The topological polar surface area (TPSA) is 35.5 Å². The lowest BCUT2D eigenvalue weighted by Crippen LogP contribution is -2.26. The number of carbonyl (C=O) groups is 1. The second-order valence-electron chi connectivity index (χ2n) is 8.70. The lowest BCUT2D eigenvalue weighted by molar-refractivity contribution is 0.0330. The zero-order valence-electron chi connectivity index (χ0n) is 18.9. The van der Waals surface area contributed by atoms with E-state index >= 15 is 0 Å². The van der Waals surface area contributed by atoms with Gasteiger partial charge in [0.15, 0.2) is 0 Å². The maximum atomic E-state index is 14.6. The molecule has 3 nitrogen and oxygen atoms in total. The lowest BCUT2D eigenvalue weighted by atomic mass is 9.85. The summed E-state index contributed by atoms with van der Waals surface area (Å²) >= 11 is 0. The number of ether oxygens (including phenoxy) is 2. The molecular formula is C27H35FO3. The van der Waals surface area contributed by atoms with Gasteiger partial charge in [-0.3, -0.25) is 0 Å². The molecule has 31 heavy (non-hydrogen) atoms. The number of benzene rings is 2. The monoisotopic (exact) mass is 426 g/mol. The molecule has 4 heteroatoms. The highest BCUT2D eigenvalue weighted by Crippen LogP contribution is 2.30. The third-order valence-electron chi connectivity index (χ3n) is 6.22. The molecule has 0 bridgehead atoms. The van der Waals surface area contributed by atoms with Gasteiger partial charge < -0.3 is 9.47 Å². The van der Waals surface area contributed by atoms with Gasteiger partial charge in [-0.1, -0.05) is 63.8 Å². The highest BCUT2D eigenvalue weighted by molar-refractivity contribution is 5.67. The van der Waals surface area contributed by atoms with Gasteiger partial charge in [-0.2, -0.15) is 0 Å². The van der Waals surface area contributed by atoms with E-state index in [-0.39, 0.29) is 11.9 Å². The second kappa shape index (κ2) is 11.9. The van der Waals surface area contributed by atoms with Gasteiger partial charge in [0.1, 0.15) is 17.7 Å². The van der Waals surface area contributed by atoms with E-state index in [9.17, 15) is 9.18 Å². The molecule has 2 aromatic rings. The molecular weight excluding hydrogens is 391 g/mol. The fourth-order valence-electron chi connectivity index (χ4n) is 4.43. The fourth-order valence-corrected chi connectivity index (χ4v) is 4.43. The third-order valence-corrected chi connectivity index (χ3v) is 6.22. The van der Waals surface area contributed by atoms with Gasteiger partial charge in [-0.05, 0) is 73.8 Å². The van der Waals surface area contributed by atoms with E-state index in [4.69, 9.17) is 9.47 Å². The van der Waals surface area contributed by atoms with Crippen LogP contribution in [0.1, 0.15) is 77.2 Å².